The average molecular weight is 185 g/mol. The molecule has 0 aliphatic carbocycles. The zero-order chi connectivity index (χ0) is 8.88. The highest BCUT2D eigenvalue weighted by Gasteiger charge is 2.53. The van der Waals surface area contributed by atoms with Crippen molar-refractivity contribution >= 4 is 29.4 Å². The number of nitrogens with zero attached hydrogens (tertiary/aromatic N) is 1. The zero-order valence-corrected chi connectivity index (χ0v) is 6.50. The topological polar surface area (TPSA) is 74.7 Å². The van der Waals surface area contributed by atoms with Gasteiger partial charge >= 0.3 is 5.97 Å². The number of carboxylic acids is 1. The number of ketones is 1. The predicted molar refractivity (Wildman–Crippen MR) is 39.0 cm³/mol. The number of Topliss-reactive ketones (excluding diaryl/α,β-unsaturated/α-hetero) is 1. The molecule has 2 aliphatic rings. The second-order valence-corrected chi connectivity index (χ2v) is 3.29. The van der Waals surface area contributed by atoms with Crippen molar-refractivity contribution in [1.82, 2.24) is 4.90 Å². The van der Waals surface area contributed by atoms with Crippen LogP contribution in [0.2, 0.25) is 0 Å². The minimum atomic E-state index is -1.18. The summed E-state index contributed by atoms with van der Waals surface area (Å²) in [7, 11) is 0. The molecule has 0 saturated carbocycles. The third-order valence-corrected chi connectivity index (χ3v) is 2.72. The van der Waals surface area contributed by atoms with Crippen molar-refractivity contribution in [3.05, 3.63) is 11.1 Å². The number of thioether (sulfide) groups is 1. The highest BCUT2D eigenvalue weighted by molar-refractivity contribution is 8.04. The van der Waals surface area contributed by atoms with Crippen molar-refractivity contribution < 1.29 is 19.5 Å². The Morgan fingerprint density at radius 1 is 1.58 bits per heavy atom. The van der Waals surface area contributed by atoms with Crippen molar-refractivity contribution in [1.29, 1.82) is 0 Å². The number of aliphatic carboxylic acids is 1. The molecule has 0 unspecified atom stereocenters. The van der Waals surface area contributed by atoms with Gasteiger partial charge in [0.1, 0.15) is 5.70 Å². The number of hydrogen-bond donors (Lipinski definition) is 1. The van der Waals surface area contributed by atoms with Crippen molar-refractivity contribution in [3.63, 3.8) is 0 Å². The number of amides is 1. The van der Waals surface area contributed by atoms with Gasteiger partial charge < -0.3 is 5.11 Å². The summed E-state index contributed by atoms with van der Waals surface area (Å²) in [6, 6.07) is 0. The predicted octanol–water partition coefficient (Wildman–Crippen LogP) is -0.603. The number of carboxylic acid groups (broad SMARTS) is 1. The smallest absolute Gasteiger partial charge is 0.353 e. The second-order valence-electron chi connectivity index (χ2n) is 2.34. The Balaban J connectivity index is 2.29. The quantitative estimate of drug-likeness (QED) is 0.436. The van der Waals surface area contributed by atoms with E-state index in [-0.39, 0.29) is 5.70 Å². The monoisotopic (exact) mass is 185 g/mol. The van der Waals surface area contributed by atoms with Crippen LogP contribution < -0.4 is 0 Å². The van der Waals surface area contributed by atoms with Crippen LogP contribution in [0.4, 0.5) is 0 Å². The summed E-state index contributed by atoms with van der Waals surface area (Å²) < 4.78 is 0. The van der Waals surface area contributed by atoms with Gasteiger partial charge in [0.15, 0.2) is 5.37 Å². The molecule has 2 rings (SSSR count). The maximum absolute atomic E-state index is 10.8. The minimum absolute atomic E-state index is 0.102. The van der Waals surface area contributed by atoms with E-state index < -0.39 is 23.0 Å². The standard InChI is InChI=1S/C6H3NO4S/c8-3-4(9)7-2(6(10)11)1-12-5(3)7/h1,5H,(H,10,11)/t5-/m0/s1. The van der Waals surface area contributed by atoms with Gasteiger partial charge in [-0.2, -0.15) is 0 Å². The minimum Gasteiger partial charge on any atom is -0.477 e. The first kappa shape index (κ1) is 7.35. The normalized spacial score (nSPS) is 26.5. The maximum atomic E-state index is 10.8. The number of hydrogen-bond acceptors (Lipinski definition) is 4. The Hall–Kier alpha value is -1.30. The highest BCUT2D eigenvalue weighted by atomic mass is 32.2. The SMILES string of the molecule is O=C(O)C1=CS[C@H]2C(=O)C(=O)N12. The molecule has 0 radical (unpaired) electrons. The molecule has 12 heavy (non-hydrogen) atoms. The summed E-state index contributed by atoms with van der Waals surface area (Å²) in [6.07, 6.45) is 0. The van der Waals surface area contributed by atoms with Crippen molar-refractivity contribution in [2.75, 3.05) is 0 Å². The van der Waals surface area contributed by atoms with Gasteiger partial charge in [0, 0.05) is 5.41 Å². The van der Waals surface area contributed by atoms with Gasteiger partial charge in [0.25, 0.3) is 11.7 Å². The average Bonchev–Trinajstić information content (AvgIpc) is 2.43. The third-order valence-electron chi connectivity index (χ3n) is 1.68. The van der Waals surface area contributed by atoms with Crippen LogP contribution in [0, 0.1) is 0 Å². The summed E-state index contributed by atoms with van der Waals surface area (Å²) in [5, 5.41) is 9.26. The Bertz CT molecular complexity index is 334. The van der Waals surface area contributed by atoms with Crippen LogP contribution in [0.15, 0.2) is 11.1 Å². The molecular weight excluding hydrogens is 182 g/mol. The van der Waals surface area contributed by atoms with E-state index in [4.69, 9.17) is 5.11 Å². The van der Waals surface area contributed by atoms with E-state index in [1.165, 1.54) is 5.41 Å². The van der Waals surface area contributed by atoms with E-state index in [1.807, 2.05) is 0 Å². The molecule has 5 nitrogen and oxygen atoms in total. The molecule has 1 amide bonds. The Kier molecular flexibility index (Phi) is 1.29. The number of β-lactam (4-membered cyclic amide) rings is 1. The lowest BCUT2D eigenvalue weighted by molar-refractivity contribution is -0.156. The van der Waals surface area contributed by atoms with Crippen LogP contribution >= 0.6 is 11.8 Å². The number of fused-ring (bicyclic) bond motifs is 1. The van der Waals surface area contributed by atoms with E-state index in [0.717, 1.165) is 16.7 Å². The van der Waals surface area contributed by atoms with Crippen LogP contribution in [-0.4, -0.2) is 33.0 Å². The fraction of sp³-hybridized carbons (Fsp3) is 0.167. The first-order valence-electron chi connectivity index (χ1n) is 3.09. The van der Waals surface area contributed by atoms with E-state index in [0.29, 0.717) is 0 Å². The van der Waals surface area contributed by atoms with Crippen LogP contribution in [0.3, 0.4) is 0 Å². The zero-order valence-electron chi connectivity index (χ0n) is 5.68. The molecule has 6 heteroatoms. The van der Waals surface area contributed by atoms with E-state index in [2.05, 4.69) is 0 Å². The number of carbonyl (C=O) groups is 3. The number of carbonyl (C=O) groups excluding carboxylic acids is 2. The van der Waals surface area contributed by atoms with Crippen LogP contribution in [0.25, 0.3) is 0 Å². The molecule has 0 aromatic carbocycles. The fourth-order valence-electron chi connectivity index (χ4n) is 1.08. The molecule has 1 atom stereocenters. The summed E-state index contributed by atoms with van der Waals surface area (Å²) >= 11 is 1.05. The van der Waals surface area contributed by atoms with Gasteiger partial charge in [-0.05, 0) is 0 Å². The molecule has 2 heterocycles. The lowest BCUT2D eigenvalue weighted by atomic mass is 10.1. The van der Waals surface area contributed by atoms with Crippen LogP contribution in [0.5, 0.6) is 0 Å². The van der Waals surface area contributed by atoms with Crippen molar-refractivity contribution in [2.45, 2.75) is 5.37 Å². The third kappa shape index (κ3) is 0.672. The lowest BCUT2D eigenvalue weighted by Gasteiger charge is -2.31. The second kappa shape index (κ2) is 2.10. The summed E-state index contributed by atoms with van der Waals surface area (Å²) in [4.78, 5) is 33.0. The molecular formula is C6H3NO4S. The lowest BCUT2D eigenvalue weighted by Crippen LogP contribution is -2.57. The molecule has 1 N–H and O–H groups in total. The van der Waals surface area contributed by atoms with Gasteiger partial charge in [-0.15, -0.1) is 0 Å². The van der Waals surface area contributed by atoms with Crippen LogP contribution in [-0.2, 0) is 14.4 Å². The van der Waals surface area contributed by atoms with E-state index in [1.54, 1.807) is 0 Å². The molecule has 2 aliphatic heterocycles. The van der Waals surface area contributed by atoms with Crippen molar-refractivity contribution in [3.8, 4) is 0 Å². The summed E-state index contributed by atoms with van der Waals surface area (Å²) in [6.45, 7) is 0. The van der Waals surface area contributed by atoms with Gasteiger partial charge in [0.05, 0.1) is 0 Å². The summed E-state index contributed by atoms with van der Waals surface area (Å²) in [5.41, 5.74) is -0.102. The molecule has 0 aromatic heterocycles. The molecule has 0 spiro atoms. The van der Waals surface area contributed by atoms with E-state index in [9.17, 15) is 14.4 Å². The summed E-state index contributed by atoms with van der Waals surface area (Å²) in [5.74, 6) is -2.42. The fourth-order valence-corrected chi connectivity index (χ4v) is 2.11. The first-order chi connectivity index (χ1) is 5.63. The molecule has 1 fully saturated rings. The molecule has 1 saturated heterocycles. The Labute approximate surface area is 71.0 Å². The van der Waals surface area contributed by atoms with Crippen molar-refractivity contribution in [2.24, 2.45) is 0 Å². The van der Waals surface area contributed by atoms with Gasteiger partial charge in [-0.1, -0.05) is 11.8 Å². The first-order valence-corrected chi connectivity index (χ1v) is 4.03. The van der Waals surface area contributed by atoms with Gasteiger partial charge in [-0.25, -0.2) is 4.79 Å². The maximum Gasteiger partial charge on any atom is 0.353 e. The van der Waals surface area contributed by atoms with Crippen LogP contribution in [0.1, 0.15) is 0 Å². The molecule has 0 bridgehead atoms. The Morgan fingerprint density at radius 3 is 2.83 bits per heavy atom. The molecule has 62 valence electrons. The highest BCUT2D eigenvalue weighted by Crippen LogP contribution is 2.38. The number of rotatable bonds is 1. The van der Waals surface area contributed by atoms with Gasteiger partial charge in [-0.3, -0.25) is 14.5 Å². The largest absolute Gasteiger partial charge is 0.477 e. The molecule has 0 aromatic rings. The Morgan fingerprint density at radius 2 is 2.25 bits per heavy atom. The van der Waals surface area contributed by atoms with E-state index >= 15 is 0 Å². The van der Waals surface area contributed by atoms with Gasteiger partial charge in [0.2, 0.25) is 0 Å².